The topological polar surface area (TPSA) is 35.8 Å². The van der Waals surface area contributed by atoms with E-state index in [1.54, 1.807) is 23.1 Å². The lowest BCUT2D eigenvalue weighted by Gasteiger charge is -2.18. The fraction of sp³-hybridized carbons (Fsp3) is 0.267. The molecule has 2 aliphatic heterocycles. The minimum Gasteiger partial charge on any atom is -0.396 e. The molecule has 0 unspecified atom stereocenters. The number of nitrogens with zero attached hydrogens (tertiary/aromatic N) is 2. The van der Waals surface area contributed by atoms with Crippen molar-refractivity contribution in [2.45, 2.75) is 6.42 Å². The molecule has 3 heterocycles. The van der Waals surface area contributed by atoms with Gasteiger partial charge in [0.15, 0.2) is 5.17 Å². The van der Waals surface area contributed by atoms with Crippen molar-refractivity contribution in [3.8, 4) is 0 Å². The molecule has 0 radical (unpaired) electrons. The van der Waals surface area contributed by atoms with Crippen molar-refractivity contribution in [3.63, 3.8) is 0 Å². The van der Waals surface area contributed by atoms with Gasteiger partial charge in [-0.15, -0.1) is 11.3 Å². The van der Waals surface area contributed by atoms with E-state index in [1.165, 1.54) is 21.6 Å². The Kier molecular flexibility index (Phi) is 3.46. The van der Waals surface area contributed by atoms with Crippen molar-refractivity contribution in [2.24, 2.45) is 4.99 Å². The number of aliphatic imine (C=N–C) groups is 1. The molecule has 1 aromatic heterocycles. The Balaban J connectivity index is 1.92. The lowest BCUT2D eigenvalue weighted by Crippen LogP contribution is -2.20. The molecule has 6 heteroatoms. The van der Waals surface area contributed by atoms with E-state index in [4.69, 9.17) is 11.6 Å². The predicted molar refractivity (Wildman–Crippen MR) is 92.1 cm³/mol. The molecular weight excluding hydrogens is 324 g/mol. The van der Waals surface area contributed by atoms with Crippen LogP contribution < -0.4 is 0 Å². The van der Waals surface area contributed by atoms with Crippen molar-refractivity contribution in [2.75, 3.05) is 19.7 Å². The van der Waals surface area contributed by atoms with Gasteiger partial charge >= 0.3 is 0 Å². The van der Waals surface area contributed by atoms with Gasteiger partial charge in [0.2, 0.25) is 0 Å². The molecule has 3 nitrogen and oxygen atoms in total. The Hall–Kier alpha value is -1.01. The third-order valence-electron chi connectivity index (χ3n) is 3.71. The van der Waals surface area contributed by atoms with Crippen LogP contribution in [0.15, 0.2) is 33.5 Å². The van der Waals surface area contributed by atoms with E-state index >= 15 is 0 Å². The average Bonchev–Trinajstić information content (AvgIpc) is 3.15. The number of rotatable bonds is 3. The third kappa shape index (κ3) is 2.11. The second-order valence-corrected chi connectivity index (χ2v) is 7.31. The summed E-state index contributed by atoms with van der Waals surface area (Å²) in [5, 5.41) is 14.5. The maximum absolute atomic E-state index is 9.35. The van der Waals surface area contributed by atoms with E-state index < -0.39 is 0 Å². The molecule has 2 aliphatic rings. The molecule has 0 spiro atoms. The molecule has 0 bridgehead atoms. The van der Waals surface area contributed by atoms with Crippen LogP contribution in [-0.2, 0) is 0 Å². The summed E-state index contributed by atoms with van der Waals surface area (Å²) in [6.07, 6.45) is 0.670. The molecule has 21 heavy (non-hydrogen) atoms. The molecule has 4 rings (SSSR count). The standard InChI is InChI=1S/C15H13ClN2OS2/c16-11-2-1-9(10-4-8-20-14(10)11)13-12(3-7-19)21-15-17-5-6-18(13)15/h1-2,4,8,19H,3,5-7H2. The van der Waals surface area contributed by atoms with E-state index in [-0.39, 0.29) is 6.61 Å². The van der Waals surface area contributed by atoms with Crippen LogP contribution >= 0.6 is 34.7 Å². The maximum atomic E-state index is 9.35. The zero-order valence-electron chi connectivity index (χ0n) is 11.2. The highest BCUT2D eigenvalue weighted by atomic mass is 35.5. The molecular formula is C15H13ClN2OS2. The first-order chi connectivity index (χ1) is 10.3. The van der Waals surface area contributed by atoms with Gasteiger partial charge in [-0.1, -0.05) is 29.4 Å². The van der Waals surface area contributed by atoms with Crippen LogP contribution in [0.4, 0.5) is 0 Å². The van der Waals surface area contributed by atoms with Gasteiger partial charge < -0.3 is 10.0 Å². The molecule has 0 fully saturated rings. The number of halogens is 1. The van der Waals surface area contributed by atoms with Crippen LogP contribution in [0.5, 0.6) is 0 Å². The Morgan fingerprint density at radius 1 is 1.33 bits per heavy atom. The number of amidine groups is 1. The molecule has 1 N–H and O–H groups in total. The summed E-state index contributed by atoms with van der Waals surface area (Å²) in [4.78, 5) is 8.02. The Labute approximate surface area is 135 Å². The summed E-state index contributed by atoms with van der Waals surface area (Å²) in [5.41, 5.74) is 2.39. The summed E-state index contributed by atoms with van der Waals surface area (Å²) in [6, 6.07) is 6.18. The number of benzene rings is 1. The number of thioether (sulfide) groups is 1. The van der Waals surface area contributed by atoms with E-state index in [2.05, 4.69) is 27.4 Å². The van der Waals surface area contributed by atoms with Gasteiger partial charge in [-0.3, -0.25) is 4.99 Å². The summed E-state index contributed by atoms with van der Waals surface area (Å²) in [7, 11) is 0. The van der Waals surface area contributed by atoms with Gasteiger partial charge in [-0.05, 0) is 17.5 Å². The van der Waals surface area contributed by atoms with Gasteiger partial charge in [0.05, 0.1) is 22.0 Å². The number of thiophene rings is 1. The summed E-state index contributed by atoms with van der Waals surface area (Å²) < 4.78 is 1.12. The summed E-state index contributed by atoms with van der Waals surface area (Å²) in [6.45, 7) is 1.92. The number of hydrogen-bond acceptors (Lipinski definition) is 5. The minimum atomic E-state index is 0.160. The molecule has 0 saturated carbocycles. The highest BCUT2D eigenvalue weighted by molar-refractivity contribution is 8.17. The van der Waals surface area contributed by atoms with Gasteiger partial charge in [-0.25, -0.2) is 0 Å². The molecule has 1 aromatic carbocycles. The zero-order valence-corrected chi connectivity index (χ0v) is 13.6. The highest BCUT2D eigenvalue weighted by Gasteiger charge is 2.33. The molecule has 108 valence electrons. The quantitative estimate of drug-likeness (QED) is 0.919. The molecule has 0 saturated heterocycles. The molecule has 0 atom stereocenters. The lowest BCUT2D eigenvalue weighted by atomic mass is 10.1. The maximum Gasteiger partial charge on any atom is 0.168 e. The normalized spacial score (nSPS) is 17.8. The minimum absolute atomic E-state index is 0.160. The van der Waals surface area contributed by atoms with Crippen LogP contribution in [0.25, 0.3) is 15.8 Å². The van der Waals surface area contributed by atoms with Gasteiger partial charge in [0.1, 0.15) is 0 Å². The van der Waals surface area contributed by atoms with Crippen molar-refractivity contribution >= 4 is 55.7 Å². The summed E-state index contributed by atoms with van der Waals surface area (Å²) >= 11 is 9.66. The van der Waals surface area contributed by atoms with E-state index in [1.807, 2.05) is 6.07 Å². The van der Waals surface area contributed by atoms with Crippen molar-refractivity contribution in [3.05, 3.63) is 39.1 Å². The van der Waals surface area contributed by atoms with Gasteiger partial charge in [0, 0.05) is 35.4 Å². The zero-order chi connectivity index (χ0) is 14.4. The van der Waals surface area contributed by atoms with Crippen LogP contribution in [-0.4, -0.2) is 34.9 Å². The lowest BCUT2D eigenvalue weighted by molar-refractivity contribution is 0.301. The van der Waals surface area contributed by atoms with Crippen molar-refractivity contribution in [1.82, 2.24) is 4.90 Å². The fourth-order valence-electron chi connectivity index (χ4n) is 2.83. The number of hydrogen-bond donors (Lipinski definition) is 1. The van der Waals surface area contributed by atoms with E-state index in [0.29, 0.717) is 6.42 Å². The highest BCUT2D eigenvalue weighted by Crippen LogP contribution is 2.46. The van der Waals surface area contributed by atoms with Crippen LogP contribution in [0, 0.1) is 0 Å². The first kappa shape index (κ1) is 13.6. The summed E-state index contributed by atoms with van der Waals surface area (Å²) in [5.74, 6) is 0. The molecule has 2 aromatic rings. The SMILES string of the molecule is OCCC1=C(c2ccc(Cl)c3sccc23)N2CCN=C2S1. The largest absolute Gasteiger partial charge is 0.396 e. The average molecular weight is 337 g/mol. The second-order valence-electron chi connectivity index (χ2n) is 4.92. The van der Waals surface area contributed by atoms with Crippen molar-refractivity contribution in [1.29, 1.82) is 0 Å². The first-order valence-electron chi connectivity index (χ1n) is 6.79. The monoisotopic (exact) mass is 336 g/mol. The van der Waals surface area contributed by atoms with Crippen LogP contribution in [0.3, 0.4) is 0 Å². The Bertz CT molecular complexity index is 781. The van der Waals surface area contributed by atoms with Crippen LogP contribution in [0.1, 0.15) is 12.0 Å². The third-order valence-corrected chi connectivity index (χ3v) is 6.26. The predicted octanol–water partition coefficient (Wildman–Crippen LogP) is 4.02. The fourth-order valence-corrected chi connectivity index (χ4v) is 5.14. The Morgan fingerprint density at radius 2 is 2.24 bits per heavy atom. The van der Waals surface area contributed by atoms with E-state index in [0.717, 1.165) is 28.0 Å². The first-order valence-corrected chi connectivity index (χ1v) is 8.87. The number of fused-ring (bicyclic) bond motifs is 2. The molecule has 0 amide bonds. The molecule has 0 aliphatic carbocycles. The van der Waals surface area contributed by atoms with Crippen molar-refractivity contribution < 1.29 is 5.11 Å². The number of aliphatic hydroxyl groups excluding tert-OH is 1. The Morgan fingerprint density at radius 3 is 3.10 bits per heavy atom. The number of aliphatic hydroxyl groups is 1. The smallest absolute Gasteiger partial charge is 0.168 e. The van der Waals surface area contributed by atoms with E-state index in [9.17, 15) is 5.11 Å². The van der Waals surface area contributed by atoms with Gasteiger partial charge in [0.25, 0.3) is 0 Å². The van der Waals surface area contributed by atoms with Gasteiger partial charge in [-0.2, -0.15) is 0 Å². The van der Waals surface area contributed by atoms with Crippen LogP contribution in [0.2, 0.25) is 5.02 Å². The second kappa shape index (κ2) is 5.32.